The summed E-state index contributed by atoms with van der Waals surface area (Å²) < 4.78 is 20.6. The lowest BCUT2D eigenvalue weighted by atomic mass is 10.1. The van der Waals surface area contributed by atoms with Crippen LogP contribution in [-0.4, -0.2) is 45.2 Å². The van der Waals surface area contributed by atoms with Gasteiger partial charge in [-0.25, -0.2) is 4.79 Å². The van der Waals surface area contributed by atoms with E-state index in [1.165, 1.54) is 38.7 Å². The second-order valence-corrected chi connectivity index (χ2v) is 5.96. The summed E-state index contributed by atoms with van der Waals surface area (Å²) in [5.41, 5.74) is 0.129. The molecule has 0 saturated carbocycles. The number of carbonyl (C=O) groups is 3. The van der Waals surface area contributed by atoms with Crippen molar-refractivity contribution >= 4 is 23.5 Å². The number of unbranched alkanes of at least 4 members (excludes halogenated alkanes) is 1. The number of hydrogen-bond donors (Lipinski definition) is 2. The van der Waals surface area contributed by atoms with Crippen LogP contribution in [0.4, 0.5) is 5.69 Å². The zero-order valence-corrected chi connectivity index (χ0v) is 16.6. The fraction of sp³-hybridized carbons (Fsp3) is 0.350. The van der Waals surface area contributed by atoms with Crippen LogP contribution < -0.4 is 20.1 Å². The molecule has 2 N–H and O–H groups in total. The third-order valence-electron chi connectivity index (χ3n) is 3.92. The number of furan rings is 1. The predicted octanol–water partition coefficient (Wildman–Crippen LogP) is 2.62. The molecule has 9 heteroatoms. The first-order valence-corrected chi connectivity index (χ1v) is 9.04. The molecule has 0 bridgehead atoms. The van der Waals surface area contributed by atoms with Crippen LogP contribution in [0.25, 0.3) is 0 Å². The average molecular weight is 404 g/mol. The molecule has 0 atom stereocenters. The number of esters is 1. The summed E-state index contributed by atoms with van der Waals surface area (Å²) in [6, 6.07) is 5.84. The first kappa shape index (κ1) is 21.8. The number of amides is 2. The van der Waals surface area contributed by atoms with Gasteiger partial charge in [-0.05, 0) is 18.6 Å². The molecule has 0 unspecified atom stereocenters. The lowest BCUT2D eigenvalue weighted by molar-refractivity contribution is -0.124. The largest absolute Gasteiger partial charge is 0.493 e. The van der Waals surface area contributed by atoms with Gasteiger partial charge in [-0.15, -0.1) is 0 Å². The van der Waals surface area contributed by atoms with Gasteiger partial charge in [0.2, 0.25) is 0 Å². The molecule has 1 heterocycles. The molecular formula is C20H24N2O7. The van der Waals surface area contributed by atoms with Crippen LogP contribution in [-0.2, 0) is 9.53 Å². The van der Waals surface area contributed by atoms with Crippen molar-refractivity contribution in [2.75, 3.05) is 32.7 Å². The van der Waals surface area contributed by atoms with Gasteiger partial charge in [0.15, 0.2) is 23.9 Å². The maximum absolute atomic E-state index is 12.6. The van der Waals surface area contributed by atoms with E-state index in [9.17, 15) is 14.4 Å². The van der Waals surface area contributed by atoms with E-state index in [-0.39, 0.29) is 22.8 Å². The maximum Gasteiger partial charge on any atom is 0.340 e. The van der Waals surface area contributed by atoms with E-state index in [0.717, 1.165) is 12.8 Å². The first-order chi connectivity index (χ1) is 14.0. The summed E-state index contributed by atoms with van der Waals surface area (Å²) >= 11 is 0. The molecule has 2 rings (SSSR count). The van der Waals surface area contributed by atoms with Gasteiger partial charge in [-0.1, -0.05) is 13.3 Å². The van der Waals surface area contributed by atoms with Gasteiger partial charge in [0, 0.05) is 18.7 Å². The van der Waals surface area contributed by atoms with Crippen molar-refractivity contribution in [2.45, 2.75) is 19.8 Å². The zero-order chi connectivity index (χ0) is 21.2. The highest BCUT2D eigenvalue weighted by Gasteiger charge is 2.21. The summed E-state index contributed by atoms with van der Waals surface area (Å²) in [6.45, 7) is 2.07. The Morgan fingerprint density at radius 3 is 2.45 bits per heavy atom. The number of rotatable bonds is 10. The fourth-order valence-electron chi connectivity index (χ4n) is 2.41. The molecule has 156 valence electrons. The van der Waals surface area contributed by atoms with E-state index in [2.05, 4.69) is 10.6 Å². The number of ether oxygens (including phenoxy) is 3. The molecule has 0 saturated heterocycles. The molecule has 0 radical (unpaired) electrons. The summed E-state index contributed by atoms with van der Waals surface area (Å²) in [7, 11) is 2.84. The highest BCUT2D eigenvalue weighted by atomic mass is 16.5. The molecule has 0 spiro atoms. The Morgan fingerprint density at radius 2 is 1.83 bits per heavy atom. The molecule has 1 aromatic heterocycles. The van der Waals surface area contributed by atoms with Crippen LogP contribution in [0.2, 0.25) is 0 Å². The highest BCUT2D eigenvalue weighted by molar-refractivity contribution is 6.07. The van der Waals surface area contributed by atoms with E-state index < -0.39 is 24.4 Å². The molecule has 2 amide bonds. The van der Waals surface area contributed by atoms with Crippen molar-refractivity contribution < 1.29 is 33.0 Å². The van der Waals surface area contributed by atoms with E-state index >= 15 is 0 Å². The second kappa shape index (κ2) is 10.7. The Balaban J connectivity index is 2.20. The first-order valence-electron chi connectivity index (χ1n) is 9.04. The van der Waals surface area contributed by atoms with Gasteiger partial charge in [0.25, 0.3) is 11.8 Å². The van der Waals surface area contributed by atoms with Gasteiger partial charge in [0.1, 0.15) is 0 Å². The molecule has 29 heavy (non-hydrogen) atoms. The smallest absolute Gasteiger partial charge is 0.340 e. The van der Waals surface area contributed by atoms with Crippen LogP contribution in [0.3, 0.4) is 0 Å². The predicted molar refractivity (Wildman–Crippen MR) is 104 cm³/mol. The van der Waals surface area contributed by atoms with Crippen LogP contribution in [0.15, 0.2) is 34.9 Å². The second-order valence-electron chi connectivity index (χ2n) is 5.96. The average Bonchev–Trinajstić information content (AvgIpc) is 3.27. The Labute approximate surface area is 168 Å². The van der Waals surface area contributed by atoms with Crippen LogP contribution in [0, 0.1) is 0 Å². The van der Waals surface area contributed by atoms with E-state index in [4.69, 9.17) is 18.6 Å². The van der Waals surface area contributed by atoms with Crippen molar-refractivity contribution in [3.8, 4) is 11.5 Å². The van der Waals surface area contributed by atoms with Crippen molar-refractivity contribution in [1.82, 2.24) is 5.32 Å². The van der Waals surface area contributed by atoms with Gasteiger partial charge < -0.3 is 29.3 Å². The minimum Gasteiger partial charge on any atom is -0.493 e. The van der Waals surface area contributed by atoms with Crippen molar-refractivity contribution in [1.29, 1.82) is 0 Å². The normalized spacial score (nSPS) is 10.2. The Kier molecular flexibility index (Phi) is 8.08. The number of nitrogens with one attached hydrogen (secondary N) is 2. The van der Waals surface area contributed by atoms with E-state index in [1.54, 1.807) is 6.07 Å². The van der Waals surface area contributed by atoms with Crippen LogP contribution >= 0.6 is 0 Å². The topological polar surface area (TPSA) is 116 Å². The Bertz CT molecular complexity index is 847. The molecule has 9 nitrogen and oxygen atoms in total. The number of benzene rings is 1. The lowest BCUT2D eigenvalue weighted by Crippen LogP contribution is -2.29. The van der Waals surface area contributed by atoms with Crippen molar-refractivity contribution in [2.24, 2.45) is 0 Å². The molecule has 2 aromatic rings. The molecule has 0 aliphatic rings. The third kappa shape index (κ3) is 6.00. The number of anilines is 1. The van der Waals surface area contributed by atoms with Gasteiger partial charge >= 0.3 is 5.97 Å². The quantitative estimate of drug-likeness (QED) is 0.462. The van der Waals surface area contributed by atoms with Gasteiger partial charge in [0.05, 0.1) is 31.7 Å². The number of methoxy groups -OCH3 is 2. The number of hydrogen-bond acceptors (Lipinski definition) is 7. The standard InChI is InChI=1S/C20H24N2O7/c1-4-5-8-21-18(23)12-29-20(25)13-10-16(26-2)17(27-3)11-14(13)22-19(24)15-7-6-9-28-15/h6-7,9-11H,4-5,8,12H2,1-3H3,(H,21,23)(H,22,24). The minimum absolute atomic E-state index is 0.00362. The maximum atomic E-state index is 12.6. The Morgan fingerprint density at radius 1 is 1.10 bits per heavy atom. The molecule has 0 fully saturated rings. The Hall–Kier alpha value is -3.49. The third-order valence-corrected chi connectivity index (χ3v) is 3.92. The molecule has 0 aliphatic heterocycles. The monoisotopic (exact) mass is 404 g/mol. The molecule has 1 aromatic carbocycles. The molecule has 0 aliphatic carbocycles. The SMILES string of the molecule is CCCCNC(=O)COC(=O)c1cc(OC)c(OC)cc1NC(=O)c1ccco1. The van der Waals surface area contributed by atoms with Crippen LogP contribution in [0.1, 0.15) is 40.7 Å². The fourth-order valence-corrected chi connectivity index (χ4v) is 2.41. The van der Waals surface area contributed by atoms with Crippen LogP contribution in [0.5, 0.6) is 11.5 Å². The molecular weight excluding hydrogens is 380 g/mol. The lowest BCUT2D eigenvalue weighted by Gasteiger charge is -2.15. The zero-order valence-electron chi connectivity index (χ0n) is 16.6. The highest BCUT2D eigenvalue weighted by Crippen LogP contribution is 2.34. The van der Waals surface area contributed by atoms with Crippen molar-refractivity contribution in [3.63, 3.8) is 0 Å². The van der Waals surface area contributed by atoms with Gasteiger partial charge in [-0.3, -0.25) is 9.59 Å². The summed E-state index contributed by atoms with van der Waals surface area (Å²) in [4.78, 5) is 36.7. The van der Waals surface area contributed by atoms with E-state index in [1.807, 2.05) is 6.92 Å². The minimum atomic E-state index is -0.800. The van der Waals surface area contributed by atoms with E-state index in [0.29, 0.717) is 12.3 Å². The van der Waals surface area contributed by atoms with Gasteiger partial charge in [-0.2, -0.15) is 0 Å². The van der Waals surface area contributed by atoms with Crippen molar-refractivity contribution in [3.05, 3.63) is 41.9 Å². The number of carbonyl (C=O) groups excluding carboxylic acids is 3. The summed E-state index contributed by atoms with van der Waals surface area (Å²) in [5.74, 6) is -1.14. The summed E-state index contributed by atoms with van der Waals surface area (Å²) in [6.07, 6.45) is 3.12. The summed E-state index contributed by atoms with van der Waals surface area (Å²) in [5, 5.41) is 5.23.